The Hall–Kier alpha value is -1.37. The third-order valence-electron chi connectivity index (χ3n) is 2.52. The number of allylic oxidation sites excluding steroid dienone is 1. The molecule has 1 heterocycles. The Bertz CT molecular complexity index is 371. The number of benzene rings is 1. The predicted octanol–water partition coefficient (Wildman–Crippen LogP) is 2.83. The van der Waals surface area contributed by atoms with E-state index in [0.717, 1.165) is 12.3 Å². The maximum Gasteiger partial charge on any atom is 0.0679 e. The summed E-state index contributed by atoms with van der Waals surface area (Å²) in [6.45, 7) is 5.17. The molecule has 1 heteroatoms. The molecule has 0 fully saturated rings. The first-order valence-electron chi connectivity index (χ1n) is 4.55. The monoisotopic (exact) mass is 171 g/mol. The van der Waals surface area contributed by atoms with Gasteiger partial charge in [0.15, 0.2) is 0 Å². The van der Waals surface area contributed by atoms with Crippen molar-refractivity contribution in [1.82, 2.24) is 0 Å². The summed E-state index contributed by atoms with van der Waals surface area (Å²) in [6.07, 6.45) is 0. The normalized spacial score (nSPS) is 16.3. The second-order valence-electron chi connectivity index (χ2n) is 3.44. The van der Waals surface area contributed by atoms with Gasteiger partial charge in [0.1, 0.15) is 0 Å². The van der Waals surface area contributed by atoms with Crippen LogP contribution in [0.25, 0.3) is 0 Å². The lowest BCUT2D eigenvalue weighted by Gasteiger charge is -2.01. The van der Waals surface area contributed by atoms with Gasteiger partial charge in [-0.05, 0) is 30.6 Å². The van der Waals surface area contributed by atoms with Crippen LogP contribution in [0, 0.1) is 0 Å². The Morgan fingerprint density at radius 1 is 1.08 bits per heavy atom. The summed E-state index contributed by atoms with van der Waals surface area (Å²) in [4.78, 5) is 4.51. The van der Waals surface area contributed by atoms with Crippen molar-refractivity contribution in [3.05, 3.63) is 47.0 Å². The molecule has 0 spiro atoms. The van der Waals surface area contributed by atoms with Crippen molar-refractivity contribution >= 4 is 5.71 Å². The van der Waals surface area contributed by atoms with E-state index in [9.17, 15) is 0 Å². The van der Waals surface area contributed by atoms with E-state index in [-0.39, 0.29) is 0 Å². The van der Waals surface area contributed by atoms with Crippen LogP contribution in [0.3, 0.4) is 0 Å². The molecule has 0 aromatic heterocycles. The van der Waals surface area contributed by atoms with Gasteiger partial charge in [0.2, 0.25) is 0 Å². The topological polar surface area (TPSA) is 12.4 Å². The minimum Gasteiger partial charge on any atom is -0.280 e. The maximum absolute atomic E-state index is 4.51. The zero-order chi connectivity index (χ0) is 9.26. The number of hydrogen-bond acceptors (Lipinski definition) is 1. The first kappa shape index (κ1) is 8.24. The molecule has 1 nitrogen and oxygen atoms in total. The number of hydrogen-bond donors (Lipinski definition) is 0. The molecule has 1 aromatic carbocycles. The van der Waals surface area contributed by atoms with Crippen molar-refractivity contribution in [2.45, 2.75) is 13.8 Å². The number of nitrogens with zero attached hydrogens (tertiary/aromatic N) is 1. The van der Waals surface area contributed by atoms with Crippen LogP contribution >= 0.6 is 0 Å². The van der Waals surface area contributed by atoms with Crippen molar-refractivity contribution in [3.63, 3.8) is 0 Å². The highest BCUT2D eigenvalue weighted by molar-refractivity contribution is 6.14. The minimum atomic E-state index is 0.871. The van der Waals surface area contributed by atoms with E-state index < -0.39 is 0 Å². The molecular weight excluding hydrogens is 158 g/mol. The highest BCUT2D eigenvalue weighted by Crippen LogP contribution is 2.18. The number of rotatable bonds is 1. The summed E-state index contributed by atoms with van der Waals surface area (Å²) in [7, 11) is 0. The molecule has 0 N–H and O–H groups in total. The lowest BCUT2D eigenvalue weighted by Crippen LogP contribution is -1.98. The van der Waals surface area contributed by atoms with Gasteiger partial charge >= 0.3 is 0 Å². The SMILES string of the molecule is CC1=C(C)C(c2ccccc2)=NC1. The Morgan fingerprint density at radius 3 is 2.31 bits per heavy atom. The van der Waals surface area contributed by atoms with Crippen LogP contribution in [0.15, 0.2) is 46.5 Å². The lowest BCUT2D eigenvalue weighted by molar-refractivity contribution is 1.16. The zero-order valence-corrected chi connectivity index (χ0v) is 8.04. The van der Waals surface area contributed by atoms with Gasteiger partial charge in [-0.1, -0.05) is 30.3 Å². The number of aliphatic imine (C=N–C) groups is 1. The minimum absolute atomic E-state index is 0.871. The van der Waals surface area contributed by atoms with Crippen LogP contribution in [0.4, 0.5) is 0 Å². The molecule has 66 valence electrons. The summed E-state index contributed by atoms with van der Waals surface area (Å²) in [5.41, 5.74) is 5.13. The second kappa shape index (κ2) is 3.17. The first-order chi connectivity index (χ1) is 6.29. The summed E-state index contributed by atoms with van der Waals surface area (Å²) in [6, 6.07) is 10.4. The molecule has 0 amide bonds. The summed E-state index contributed by atoms with van der Waals surface area (Å²) >= 11 is 0. The van der Waals surface area contributed by atoms with Crippen LogP contribution in [-0.2, 0) is 0 Å². The van der Waals surface area contributed by atoms with E-state index in [1.165, 1.54) is 16.7 Å². The van der Waals surface area contributed by atoms with Gasteiger partial charge in [0, 0.05) is 0 Å². The fraction of sp³-hybridized carbons (Fsp3) is 0.250. The van der Waals surface area contributed by atoms with Gasteiger partial charge in [0.25, 0.3) is 0 Å². The standard InChI is InChI=1S/C12H13N/c1-9-8-13-12(10(9)2)11-6-4-3-5-7-11/h3-7H,8H2,1-2H3. The highest BCUT2D eigenvalue weighted by Gasteiger charge is 2.12. The molecule has 0 unspecified atom stereocenters. The van der Waals surface area contributed by atoms with Gasteiger partial charge in [-0.2, -0.15) is 0 Å². The van der Waals surface area contributed by atoms with Crippen LogP contribution in [0.1, 0.15) is 19.4 Å². The predicted molar refractivity (Wildman–Crippen MR) is 56.2 cm³/mol. The van der Waals surface area contributed by atoms with Crippen molar-refractivity contribution in [2.24, 2.45) is 4.99 Å². The zero-order valence-electron chi connectivity index (χ0n) is 8.04. The van der Waals surface area contributed by atoms with Crippen molar-refractivity contribution in [3.8, 4) is 0 Å². The molecule has 0 radical (unpaired) electrons. The van der Waals surface area contributed by atoms with E-state index >= 15 is 0 Å². The third-order valence-corrected chi connectivity index (χ3v) is 2.52. The van der Waals surface area contributed by atoms with Gasteiger partial charge in [0.05, 0.1) is 12.3 Å². The van der Waals surface area contributed by atoms with E-state index in [2.05, 4.69) is 43.1 Å². The van der Waals surface area contributed by atoms with Crippen molar-refractivity contribution < 1.29 is 0 Å². The first-order valence-corrected chi connectivity index (χ1v) is 4.55. The van der Waals surface area contributed by atoms with E-state index in [1.807, 2.05) is 6.07 Å². The van der Waals surface area contributed by atoms with Gasteiger partial charge < -0.3 is 0 Å². The third kappa shape index (κ3) is 1.42. The van der Waals surface area contributed by atoms with Gasteiger partial charge in [-0.3, -0.25) is 4.99 Å². The average molecular weight is 171 g/mol. The Balaban J connectivity index is 2.40. The van der Waals surface area contributed by atoms with Gasteiger partial charge in [-0.25, -0.2) is 0 Å². The van der Waals surface area contributed by atoms with Crippen LogP contribution in [0.2, 0.25) is 0 Å². The smallest absolute Gasteiger partial charge is 0.0679 e. The Labute approximate surface area is 78.8 Å². The van der Waals surface area contributed by atoms with E-state index in [1.54, 1.807) is 0 Å². The Kier molecular flexibility index (Phi) is 2.01. The molecular formula is C12H13N. The molecule has 1 aromatic rings. The summed E-state index contributed by atoms with van der Waals surface area (Å²) < 4.78 is 0. The van der Waals surface area contributed by atoms with Crippen LogP contribution in [-0.4, -0.2) is 12.3 Å². The molecule has 13 heavy (non-hydrogen) atoms. The molecule has 0 saturated carbocycles. The van der Waals surface area contributed by atoms with E-state index in [0.29, 0.717) is 0 Å². The molecule has 0 aliphatic carbocycles. The largest absolute Gasteiger partial charge is 0.280 e. The highest BCUT2D eigenvalue weighted by atomic mass is 14.8. The quantitative estimate of drug-likeness (QED) is 0.616. The fourth-order valence-electron chi connectivity index (χ4n) is 1.54. The maximum atomic E-state index is 4.51. The van der Waals surface area contributed by atoms with Crippen molar-refractivity contribution in [1.29, 1.82) is 0 Å². The van der Waals surface area contributed by atoms with E-state index in [4.69, 9.17) is 0 Å². The molecule has 1 aliphatic rings. The fourth-order valence-corrected chi connectivity index (χ4v) is 1.54. The molecule has 1 aliphatic heterocycles. The molecule has 0 saturated heterocycles. The van der Waals surface area contributed by atoms with Crippen LogP contribution in [0.5, 0.6) is 0 Å². The van der Waals surface area contributed by atoms with Gasteiger partial charge in [-0.15, -0.1) is 0 Å². The lowest BCUT2D eigenvalue weighted by atomic mass is 10.0. The van der Waals surface area contributed by atoms with Crippen molar-refractivity contribution in [2.75, 3.05) is 6.54 Å². The summed E-state index contributed by atoms with van der Waals surface area (Å²) in [5, 5.41) is 0. The molecule has 0 bridgehead atoms. The van der Waals surface area contributed by atoms with Crippen LogP contribution < -0.4 is 0 Å². The second-order valence-corrected chi connectivity index (χ2v) is 3.44. The molecule has 0 atom stereocenters. The summed E-state index contributed by atoms with van der Waals surface area (Å²) in [5.74, 6) is 0. The average Bonchev–Trinajstić information content (AvgIpc) is 2.49. The molecule has 2 rings (SSSR count). The Morgan fingerprint density at radius 2 is 1.77 bits per heavy atom.